The van der Waals surface area contributed by atoms with E-state index in [1.54, 1.807) is 6.92 Å². The van der Waals surface area contributed by atoms with E-state index < -0.39 is 23.8 Å². The number of aliphatic hydroxyl groups is 1. The molecular formula is C17H31KNO5+. The molecule has 0 aliphatic rings. The number of hydrogen-bond donors (Lipinski definition) is 2. The van der Waals surface area contributed by atoms with Crippen molar-refractivity contribution in [3.05, 3.63) is 12.2 Å². The third kappa shape index (κ3) is 11.0. The molecule has 0 saturated heterocycles. The molecule has 0 heterocycles. The first-order valence-corrected chi connectivity index (χ1v) is 8.28. The first-order chi connectivity index (χ1) is 10.8. The van der Waals surface area contributed by atoms with Crippen molar-refractivity contribution < 1.29 is 80.8 Å². The monoisotopic (exact) mass is 368 g/mol. The van der Waals surface area contributed by atoms with Crippen molar-refractivity contribution in [3.63, 3.8) is 0 Å². The minimum absolute atomic E-state index is 0. The molecule has 0 aromatic carbocycles. The van der Waals surface area contributed by atoms with Gasteiger partial charge in [0.1, 0.15) is 5.92 Å². The van der Waals surface area contributed by atoms with Crippen molar-refractivity contribution >= 4 is 11.9 Å². The molecule has 0 spiro atoms. The van der Waals surface area contributed by atoms with Crippen molar-refractivity contribution in [3.8, 4) is 0 Å². The number of rotatable bonds is 13. The predicted molar refractivity (Wildman–Crippen MR) is 86.2 cm³/mol. The Morgan fingerprint density at radius 2 is 1.71 bits per heavy atom. The van der Waals surface area contributed by atoms with Crippen molar-refractivity contribution in [2.75, 3.05) is 26.4 Å². The van der Waals surface area contributed by atoms with Crippen LogP contribution in [0, 0.1) is 11.8 Å². The van der Waals surface area contributed by atoms with Crippen LogP contribution >= 0.6 is 0 Å². The van der Waals surface area contributed by atoms with Gasteiger partial charge in [0.2, 0.25) is 0 Å². The summed E-state index contributed by atoms with van der Waals surface area (Å²) in [4.78, 5) is 22.2. The molecule has 6 nitrogen and oxygen atoms in total. The number of carboxylic acids is 2. The van der Waals surface area contributed by atoms with Gasteiger partial charge in [0.05, 0.1) is 19.6 Å². The van der Waals surface area contributed by atoms with Gasteiger partial charge >= 0.3 is 57.4 Å². The molecule has 2 N–H and O–H groups in total. The van der Waals surface area contributed by atoms with Gasteiger partial charge in [-0.25, -0.2) is 0 Å². The summed E-state index contributed by atoms with van der Waals surface area (Å²) in [5.74, 6) is -3.47. The number of carbonyl (C=O) groups excluding carboxylic acids is 1. The second-order valence-corrected chi connectivity index (χ2v) is 6.45. The zero-order chi connectivity index (χ0) is 17.9. The van der Waals surface area contributed by atoms with Crippen LogP contribution < -0.4 is 56.5 Å². The number of aliphatic carboxylic acids is 2. The van der Waals surface area contributed by atoms with Gasteiger partial charge in [-0.15, -0.1) is 0 Å². The fourth-order valence-electron chi connectivity index (χ4n) is 2.81. The summed E-state index contributed by atoms with van der Waals surface area (Å²) in [6, 6.07) is 0. The number of allylic oxidation sites excluding steroid dienone is 2. The Hall–Kier alpha value is 0.236. The standard InChI is InChI=1S/C17H31NO5.K/c1-4-5-6-7-8-9-10-18(13-19,11-14(2)16(20)21)12-15(3)17(22)23;/h4-5,14-15,19H,6-13H2,1-3H3,(H-,20,21,22,23);/q;+1/b5-4+;. The minimum atomic E-state index is -1.17. The van der Waals surface area contributed by atoms with Gasteiger partial charge in [0, 0.05) is 11.9 Å². The third-order valence-electron chi connectivity index (χ3n) is 4.19. The number of quaternary nitrogens is 1. The smallest absolute Gasteiger partial charge is 0.550 e. The van der Waals surface area contributed by atoms with Crippen LogP contribution in [0.5, 0.6) is 0 Å². The molecular weight excluding hydrogens is 337 g/mol. The van der Waals surface area contributed by atoms with Crippen LogP contribution in [-0.4, -0.2) is 53.0 Å². The first-order valence-electron chi connectivity index (χ1n) is 8.28. The van der Waals surface area contributed by atoms with Gasteiger partial charge in [-0.2, -0.15) is 0 Å². The van der Waals surface area contributed by atoms with Crippen LogP contribution in [0.3, 0.4) is 0 Å². The van der Waals surface area contributed by atoms with E-state index in [0.29, 0.717) is 6.54 Å². The molecule has 7 heteroatoms. The van der Waals surface area contributed by atoms with E-state index in [2.05, 4.69) is 6.08 Å². The molecule has 3 unspecified atom stereocenters. The van der Waals surface area contributed by atoms with Gasteiger partial charge in [-0.3, -0.25) is 9.28 Å². The molecule has 24 heavy (non-hydrogen) atoms. The fourth-order valence-corrected chi connectivity index (χ4v) is 2.81. The topological polar surface area (TPSA) is 97.7 Å². The normalized spacial score (nSPS) is 16.2. The number of carboxylic acid groups (broad SMARTS) is 2. The predicted octanol–water partition coefficient (Wildman–Crippen LogP) is -2.00. The Bertz CT molecular complexity index is 378. The summed E-state index contributed by atoms with van der Waals surface area (Å²) >= 11 is 0. The second-order valence-electron chi connectivity index (χ2n) is 6.45. The molecule has 0 radical (unpaired) electrons. The summed E-state index contributed by atoms with van der Waals surface area (Å²) in [6.45, 7) is 5.81. The number of aliphatic hydroxyl groups excluding tert-OH is 1. The van der Waals surface area contributed by atoms with Crippen LogP contribution in [0.2, 0.25) is 0 Å². The van der Waals surface area contributed by atoms with Crippen LogP contribution in [0.15, 0.2) is 12.2 Å². The van der Waals surface area contributed by atoms with E-state index in [0.717, 1.165) is 25.7 Å². The summed E-state index contributed by atoms with van der Waals surface area (Å²) in [6.07, 6.45) is 7.91. The van der Waals surface area contributed by atoms with Gasteiger partial charge in [-0.05, 0) is 39.5 Å². The molecule has 0 amide bonds. The summed E-state index contributed by atoms with van der Waals surface area (Å²) in [5.41, 5.74) is 0. The maximum atomic E-state index is 11.1. The maximum absolute atomic E-state index is 11.1. The third-order valence-corrected chi connectivity index (χ3v) is 4.19. The first kappa shape index (κ1) is 26.5. The van der Waals surface area contributed by atoms with E-state index in [-0.39, 0.29) is 75.7 Å². The van der Waals surface area contributed by atoms with E-state index in [1.165, 1.54) is 6.92 Å². The summed E-state index contributed by atoms with van der Waals surface area (Å²) in [7, 11) is 0. The molecule has 0 saturated carbocycles. The maximum Gasteiger partial charge on any atom is 1.00 e. The number of hydrogen-bond acceptors (Lipinski definition) is 4. The molecule has 0 aromatic rings. The van der Waals surface area contributed by atoms with Crippen molar-refractivity contribution in [1.29, 1.82) is 0 Å². The van der Waals surface area contributed by atoms with Crippen LogP contribution in [-0.2, 0) is 9.59 Å². The Labute approximate surface area is 187 Å². The van der Waals surface area contributed by atoms with Crippen LogP contribution in [0.25, 0.3) is 0 Å². The van der Waals surface area contributed by atoms with Crippen LogP contribution in [0.4, 0.5) is 0 Å². The second kappa shape index (κ2) is 14.4. The average Bonchev–Trinajstić information content (AvgIpc) is 2.50. The molecule has 0 aliphatic carbocycles. The summed E-state index contributed by atoms with van der Waals surface area (Å²) < 4.78 is 0.0895. The number of carbonyl (C=O) groups is 2. The fraction of sp³-hybridized carbons (Fsp3) is 0.765. The van der Waals surface area contributed by atoms with Crippen molar-refractivity contribution in [1.82, 2.24) is 0 Å². The molecule has 3 atom stereocenters. The molecule has 0 rings (SSSR count). The largest absolute Gasteiger partial charge is 1.00 e. The molecule has 0 bridgehead atoms. The summed E-state index contributed by atoms with van der Waals surface area (Å²) in [5, 5.41) is 30.0. The van der Waals surface area contributed by atoms with Crippen molar-refractivity contribution in [2.45, 2.75) is 46.5 Å². The average molecular weight is 369 g/mol. The quantitative estimate of drug-likeness (QED) is 0.129. The van der Waals surface area contributed by atoms with Crippen molar-refractivity contribution in [2.24, 2.45) is 11.8 Å². The molecule has 0 aliphatic heterocycles. The van der Waals surface area contributed by atoms with Gasteiger partial charge in [0.25, 0.3) is 0 Å². The Morgan fingerprint density at radius 3 is 2.17 bits per heavy atom. The van der Waals surface area contributed by atoms with Crippen LogP contribution in [0.1, 0.15) is 46.5 Å². The van der Waals surface area contributed by atoms with Gasteiger partial charge < -0.3 is 20.1 Å². The Morgan fingerprint density at radius 1 is 1.12 bits per heavy atom. The zero-order valence-corrected chi connectivity index (χ0v) is 18.7. The number of unbranched alkanes of at least 4 members (excludes halogenated alkanes) is 3. The minimum Gasteiger partial charge on any atom is -0.550 e. The Kier molecular flexibility index (Phi) is 15.9. The van der Waals surface area contributed by atoms with E-state index >= 15 is 0 Å². The molecule has 0 fully saturated rings. The van der Waals surface area contributed by atoms with Gasteiger partial charge in [-0.1, -0.05) is 19.1 Å². The van der Waals surface area contributed by atoms with Gasteiger partial charge in [0.15, 0.2) is 6.73 Å². The van der Waals surface area contributed by atoms with E-state index in [9.17, 15) is 19.8 Å². The van der Waals surface area contributed by atoms with E-state index in [1.807, 2.05) is 13.0 Å². The zero-order valence-electron chi connectivity index (χ0n) is 15.5. The number of nitrogens with zero attached hydrogens (tertiary/aromatic N) is 1. The Balaban J connectivity index is 0. The molecule has 134 valence electrons. The molecule has 0 aromatic heterocycles. The van der Waals surface area contributed by atoms with E-state index in [4.69, 9.17) is 5.11 Å². The SMILES string of the molecule is C/C=C/CCCCC[N+](CO)(CC(C)C(=O)[O-])CC(C)C(=O)O.[K+].